The van der Waals surface area contributed by atoms with Gasteiger partial charge in [-0.2, -0.15) is 0 Å². The highest BCUT2D eigenvalue weighted by atomic mass is 35.5. The number of hydrogen-bond acceptors (Lipinski definition) is 3. The average Bonchev–Trinajstić information content (AvgIpc) is 2.98. The van der Waals surface area contributed by atoms with E-state index in [4.69, 9.17) is 5.73 Å². The van der Waals surface area contributed by atoms with Crippen molar-refractivity contribution < 1.29 is 9.59 Å². The van der Waals surface area contributed by atoms with E-state index in [-0.39, 0.29) is 24.2 Å². The summed E-state index contributed by atoms with van der Waals surface area (Å²) in [5.74, 6) is -0.216. The maximum atomic E-state index is 12.8. The van der Waals surface area contributed by atoms with Gasteiger partial charge in [-0.05, 0) is 43.2 Å². The Balaban J connectivity index is 0.00000225. The van der Waals surface area contributed by atoms with Crippen LogP contribution in [0.5, 0.6) is 0 Å². The van der Waals surface area contributed by atoms with Gasteiger partial charge in [-0.1, -0.05) is 24.3 Å². The second-order valence-corrected chi connectivity index (χ2v) is 6.12. The quantitative estimate of drug-likeness (QED) is 0.857. The average molecular weight is 360 g/mol. The number of nitrogens with zero attached hydrogens (tertiary/aromatic N) is 2. The number of nitrogen functional groups attached to an aromatic ring is 1. The van der Waals surface area contributed by atoms with Crippen molar-refractivity contribution in [3.8, 4) is 0 Å². The van der Waals surface area contributed by atoms with Gasteiger partial charge in [0.1, 0.15) is 6.04 Å². The first-order chi connectivity index (χ1) is 11.5. The number of carbonyl (C=O) groups is 2. The summed E-state index contributed by atoms with van der Waals surface area (Å²) in [5, 5.41) is 0. The van der Waals surface area contributed by atoms with Gasteiger partial charge in [0, 0.05) is 30.5 Å². The predicted molar refractivity (Wildman–Crippen MR) is 102 cm³/mol. The number of halogens is 1. The lowest BCUT2D eigenvalue weighted by molar-refractivity contribution is -0.120. The van der Waals surface area contributed by atoms with Crippen LogP contribution in [0.25, 0.3) is 0 Å². The Morgan fingerprint density at radius 3 is 2.56 bits per heavy atom. The number of anilines is 2. The van der Waals surface area contributed by atoms with Crippen molar-refractivity contribution >= 4 is 35.6 Å². The van der Waals surface area contributed by atoms with Gasteiger partial charge in [0.25, 0.3) is 5.91 Å². The molecule has 1 aliphatic heterocycles. The molecule has 3 rings (SSSR count). The highest BCUT2D eigenvalue weighted by Gasteiger charge is 2.37. The molecular formula is C19H22ClN3O2. The van der Waals surface area contributed by atoms with Crippen molar-refractivity contribution in [3.05, 3.63) is 59.7 Å². The molecule has 0 radical (unpaired) electrons. The lowest BCUT2D eigenvalue weighted by Gasteiger charge is -2.25. The molecule has 0 spiro atoms. The second-order valence-electron chi connectivity index (χ2n) is 6.12. The van der Waals surface area contributed by atoms with E-state index in [1.165, 1.54) is 4.90 Å². The fourth-order valence-electron chi connectivity index (χ4n) is 3.09. The van der Waals surface area contributed by atoms with E-state index in [0.717, 1.165) is 11.3 Å². The number of amides is 2. The van der Waals surface area contributed by atoms with Gasteiger partial charge >= 0.3 is 0 Å². The van der Waals surface area contributed by atoms with Crippen LogP contribution in [0.15, 0.2) is 48.5 Å². The molecule has 1 atom stereocenters. The molecule has 0 aromatic heterocycles. The topological polar surface area (TPSA) is 66.6 Å². The lowest BCUT2D eigenvalue weighted by Crippen LogP contribution is -2.43. The largest absolute Gasteiger partial charge is 0.399 e. The van der Waals surface area contributed by atoms with Gasteiger partial charge in [0.15, 0.2) is 0 Å². The number of likely N-dealkylation sites (N-methyl/N-ethyl adjacent to an activating group) is 1. The highest BCUT2D eigenvalue weighted by Crippen LogP contribution is 2.25. The van der Waals surface area contributed by atoms with E-state index in [1.807, 2.05) is 43.3 Å². The number of nitrogens with two attached hydrogens (primary N) is 1. The van der Waals surface area contributed by atoms with E-state index >= 15 is 0 Å². The van der Waals surface area contributed by atoms with Crippen LogP contribution >= 0.6 is 12.4 Å². The highest BCUT2D eigenvalue weighted by molar-refractivity contribution is 6.04. The number of hydrogen-bond donors (Lipinski definition) is 1. The Bertz CT molecular complexity index is 779. The molecule has 1 heterocycles. The van der Waals surface area contributed by atoms with Crippen molar-refractivity contribution in [2.24, 2.45) is 0 Å². The van der Waals surface area contributed by atoms with Crippen molar-refractivity contribution in [1.82, 2.24) is 4.90 Å². The Morgan fingerprint density at radius 2 is 1.88 bits per heavy atom. The molecule has 2 amide bonds. The summed E-state index contributed by atoms with van der Waals surface area (Å²) in [5.41, 5.74) is 8.61. The summed E-state index contributed by atoms with van der Waals surface area (Å²) in [6.07, 6.45) is 0.622. The van der Waals surface area contributed by atoms with Gasteiger partial charge in [0.05, 0.1) is 0 Å². The van der Waals surface area contributed by atoms with E-state index in [0.29, 0.717) is 24.2 Å². The third-order valence-corrected chi connectivity index (χ3v) is 4.52. The Hall–Kier alpha value is -2.53. The minimum atomic E-state index is -0.446. The molecule has 5 nitrogen and oxygen atoms in total. The molecule has 25 heavy (non-hydrogen) atoms. The van der Waals surface area contributed by atoms with Crippen LogP contribution in [0, 0.1) is 6.92 Å². The van der Waals surface area contributed by atoms with Crippen molar-refractivity contribution in [1.29, 1.82) is 0 Å². The Morgan fingerprint density at radius 1 is 1.20 bits per heavy atom. The molecule has 1 aliphatic rings. The molecule has 2 aromatic rings. The number of carbonyl (C=O) groups excluding carboxylic acids is 2. The molecule has 1 fully saturated rings. The summed E-state index contributed by atoms with van der Waals surface area (Å²) in [7, 11) is 1.68. The van der Waals surface area contributed by atoms with E-state index in [1.54, 1.807) is 24.1 Å². The van der Waals surface area contributed by atoms with E-state index in [2.05, 4.69) is 0 Å². The van der Waals surface area contributed by atoms with Crippen LogP contribution in [0.3, 0.4) is 0 Å². The monoisotopic (exact) mass is 359 g/mol. The van der Waals surface area contributed by atoms with Gasteiger partial charge in [-0.15, -0.1) is 12.4 Å². The Kier molecular flexibility index (Phi) is 5.69. The maximum Gasteiger partial charge on any atom is 0.254 e. The van der Waals surface area contributed by atoms with Gasteiger partial charge in [-0.3, -0.25) is 9.59 Å². The van der Waals surface area contributed by atoms with Crippen molar-refractivity contribution in [2.75, 3.05) is 24.2 Å². The summed E-state index contributed by atoms with van der Waals surface area (Å²) in [6, 6.07) is 14.4. The molecule has 0 aliphatic carbocycles. The minimum Gasteiger partial charge on any atom is -0.399 e. The van der Waals surface area contributed by atoms with Gasteiger partial charge in [-0.25, -0.2) is 0 Å². The van der Waals surface area contributed by atoms with Crippen LogP contribution < -0.4 is 10.6 Å². The number of benzene rings is 2. The van der Waals surface area contributed by atoms with Crippen LogP contribution in [-0.4, -0.2) is 36.3 Å². The molecule has 1 saturated heterocycles. The van der Waals surface area contributed by atoms with E-state index in [9.17, 15) is 9.59 Å². The smallest absolute Gasteiger partial charge is 0.254 e. The van der Waals surface area contributed by atoms with Crippen LogP contribution in [0.1, 0.15) is 22.3 Å². The Labute approximate surface area is 153 Å². The third kappa shape index (κ3) is 3.61. The molecule has 0 bridgehead atoms. The minimum absolute atomic E-state index is 0. The summed E-state index contributed by atoms with van der Waals surface area (Å²) in [6.45, 7) is 2.48. The summed E-state index contributed by atoms with van der Waals surface area (Å²) < 4.78 is 0. The number of rotatable bonds is 3. The predicted octanol–water partition coefficient (Wildman–Crippen LogP) is 2.88. The fraction of sp³-hybridized carbons (Fsp3) is 0.263. The van der Waals surface area contributed by atoms with Crippen molar-refractivity contribution in [3.63, 3.8) is 0 Å². The zero-order chi connectivity index (χ0) is 17.3. The zero-order valence-electron chi connectivity index (χ0n) is 14.3. The van der Waals surface area contributed by atoms with Crippen LogP contribution in [0.4, 0.5) is 11.4 Å². The normalized spacial score (nSPS) is 16.5. The number of para-hydroxylation sites is 1. The SMILES string of the molecule is Cc1ccc(N)cc1C(=O)N(C)C1CCN(c2ccccc2)C1=O.Cl. The van der Waals surface area contributed by atoms with E-state index < -0.39 is 6.04 Å². The van der Waals surface area contributed by atoms with Crippen molar-refractivity contribution in [2.45, 2.75) is 19.4 Å². The van der Waals surface area contributed by atoms with Gasteiger partial charge < -0.3 is 15.5 Å². The molecule has 2 aromatic carbocycles. The molecule has 6 heteroatoms. The molecule has 1 unspecified atom stereocenters. The molecule has 132 valence electrons. The first kappa shape index (κ1) is 18.8. The molecular weight excluding hydrogens is 338 g/mol. The molecule has 2 N–H and O–H groups in total. The summed E-state index contributed by atoms with van der Waals surface area (Å²) in [4.78, 5) is 28.8. The van der Waals surface area contributed by atoms with Crippen LogP contribution in [0.2, 0.25) is 0 Å². The first-order valence-corrected chi connectivity index (χ1v) is 7.99. The van der Waals surface area contributed by atoms with Crippen LogP contribution in [-0.2, 0) is 4.79 Å². The summed E-state index contributed by atoms with van der Waals surface area (Å²) >= 11 is 0. The number of aryl methyl sites for hydroxylation is 1. The standard InChI is InChI=1S/C19H21N3O2.ClH/c1-13-8-9-14(20)12-16(13)18(23)21(2)17-10-11-22(19(17)24)15-6-4-3-5-7-15;/h3-9,12,17H,10-11,20H2,1-2H3;1H. The first-order valence-electron chi connectivity index (χ1n) is 7.99. The second kappa shape index (κ2) is 7.57. The maximum absolute atomic E-state index is 12.8. The third-order valence-electron chi connectivity index (χ3n) is 4.52. The van der Waals surface area contributed by atoms with Gasteiger partial charge in [0.2, 0.25) is 5.91 Å². The zero-order valence-corrected chi connectivity index (χ0v) is 15.1. The lowest BCUT2D eigenvalue weighted by atomic mass is 10.1. The fourth-order valence-corrected chi connectivity index (χ4v) is 3.09. The molecule has 0 saturated carbocycles.